The third-order valence-corrected chi connectivity index (χ3v) is 6.03. The largest absolute Gasteiger partial charge is 0.325 e. The second kappa shape index (κ2) is 9.32. The van der Waals surface area contributed by atoms with Crippen molar-refractivity contribution >= 4 is 73.3 Å². The van der Waals surface area contributed by atoms with E-state index in [1.54, 1.807) is 36.4 Å². The third kappa shape index (κ3) is 5.77. The fraction of sp³-hybridized carbons (Fsp3) is 0.0588. The Hall–Kier alpha value is -1.94. The molecule has 2 amide bonds. The molecule has 2 N–H and O–H groups in total. The Balaban J connectivity index is 1.52. The minimum atomic E-state index is -0.360. The second-order valence-electron chi connectivity index (χ2n) is 5.15. The van der Waals surface area contributed by atoms with Gasteiger partial charge in [0.15, 0.2) is 4.34 Å². The van der Waals surface area contributed by atoms with Crippen molar-refractivity contribution in [3.63, 3.8) is 0 Å². The molecule has 10 heteroatoms. The molecule has 0 aliphatic heterocycles. The molecule has 1 aromatic heterocycles. The van der Waals surface area contributed by atoms with E-state index < -0.39 is 0 Å². The van der Waals surface area contributed by atoms with E-state index in [-0.39, 0.29) is 17.6 Å². The maximum atomic E-state index is 12.2. The van der Waals surface area contributed by atoms with Crippen molar-refractivity contribution in [2.75, 3.05) is 16.4 Å². The second-order valence-corrected chi connectivity index (χ2v) is 8.67. The van der Waals surface area contributed by atoms with Gasteiger partial charge in [-0.05, 0) is 36.4 Å². The van der Waals surface area contributed by atoms with Crippen molar-refractivity contribution < 1.29 is 9.59 Å². The van der Waals surface area contributed by atoms with Crippen LogP contribution in [0.2, 0.25) is 5.02 Å². The monoisotopic (exact) mass is 482 g/mol. The molecule has 0 aliphatic carbocycles. The summed E-state index contributed by atoms with van der Waals surface area (Å²) in [6.07, 6.45) is 0. The molecule has 3 aromatic rings. The number of carbonyl (C=O) groups excluding carboxylic acids is 2. The summed E-state index contributed by atoms with van der Waals surface area (Å²) in [5, 5.41) is 14.0. The number of hydrogen-bond donors (Lipinski definition) is 2. The topological polar surface area (TPSA) is 84.0 Å². The van der Waals surface area contributed by atoms with Crippen LogP contribution in [0, 0.1) is 0 Å². The molecule has 0 unspecified atom stereocenters. The van der Waals surface area contributed by atoms with Gasteiger partial charge in [0.1, 0.15) is 0 Å². The lowest BCUT2D eigenvalue weighted by Gasteiger charge is -2.04. The fourth-order valence-corrected chi connectivity index (χ4v) is 4.02. The van der Waals surface area contributed by atoms with Crippen LogP contribution >= 0.6 is 50.6 Å². The van der Waals surface area contributed by atoms with Gasteiger partial charge in [-0.15, -0.1) is 10.2 Å². The van der Waals surface area contributed by atoms with Crippen molar-refractivity contribution in [2.45, 2.75) is 4.34 Å². The number of rotatable bonds is 6. The van der Waals surface area contributed by atoms with Gasteiger partial charge in [0.25, 0.3) is 5.91 Å². The summed E-state index contributed by atoms with van der Waals surface area (Å²) in [4.78, 5) is 24.2. The molecule has 0 spiro atoms. The molecule has 0 bridgehead atoms. The Kier molecular flexibility index (Phi) is 6.84. The summed E-state index contributed by atoms with van der Waals surface area (Å²) in [5.41, 5.74) is 1.08. The Morgan fingerprint density at radius 1 is 1.07 bits per heavy atom. The minimum Gasteiger partial charge on any atom is -0.325 e. The first-order chi connectivity index (χ1) is 13.0. The molecule has 1 heterocycles. The predicted octanol–water partition coefficient (Wildman–Crippen LogP) is 4.94. The molecule has 6 nitrogen and oxygen atoms in total. The van der Waals surface area contributed by atoms with Gasteiger partial charge in [-0.1, -0.05) is 62.8 Å². The average Bonchev–Trinajstić information content (AvgIpc) is 3.09. The Morgan fingerprint density at radius 3 is 2.56 bits per heavy atom. The number of thioether (sulfide) groups is 1. The summed E-state index contributed by atoms with van der Waals surface area (Å²) < 4.78 is 1.52. The lowest BCUT2D eigenvalue weighted by molar-refractivity contribution is -0.113. The van der Waals surface area contributed by atoms with Crippen molar-refractivity contribution in [3.05, 3.63) is 63.6 Å². The molecule has 0 saturated heterocycles. The SMILES string of the molecule is O=C(CSc1nnc(NC(=O)c2ccccc2Cl)s1)Nc1ccc(Br)cc1. The van der Waals surface area contributed by atoms with Crippen LogP contribution < -0.4 is 10.6 Å². The lowest BCUT2D eigenvalue weighted by atomic mass is 10.2. The summed E-state index contributed by atoms with van der Waals surface area (Å²) in [5.74, 6) is -0.330. The van der Waals surface area contributed by atoms with Crippen LogP contribution in [0.25, 0.3) is 0 Å². The van der Waals surface area contributed by atoms with Gasteiger partial charge in [0.2, 0.25) is 11.0 Å². The number of carbonyl (C=O) groups is 2. The fourth-order valence-electron chi connectivity index (χ4n) is 1.99. The quantitative estimate of drug-likeness (QED) is 0.383. The number of nitrogens with one attached hydrogen (secondary N) is 2. The van der Waals surface area contributed by atoms with E-state index in [2.05, 4.69) is 36.8 Å². The van der Waals surface area contributed by atoms with Gasteiger partial charge < -0.3 is 5.32 Å². The van der Waals surface area contributed by atoms with Crippen LogP contribution in [0.15, 0.2) is 57.3 Å². The summed E-state index contributed by atoms with van der Waals surface area (Å²) in [7, 11) is 0. The smallest absolute Gasteiger partial charge is 0.259 e. The first kappa shape index (κ1) is 19.8. The van der Waals surface area contributed by atoms with Crippen LogP contribution in [-0.4, -0.2) is 27.8 Å². The molecule has 27 heavy (non-hydrogen) atoms. The molecule has 3 rings (SSSR count). The minimum absolute atomic E-state index is 0.154. The number of amides is 2. The van der Waals surface area contributed by atoms with Crippen LogP contribution in [0.3, 0.4) is 0 Å². The number of benzene rings is 2. The van der Waals surface area contributed by atoms with Crippen LogP contribution in [0.5, 0.6) is 0 Å². The summed E-state index contributed by atoms with van der Waals surface area (Å²) in [6, 6.07) is 14.1. The van der Waals surface area contributed by atoms with E-state index in [4.69, 9.17) is 11.6 Å². The van der Waals surface area contributed by atoms with Crippen LogP contribution in [0.4, 0.5) is 10.8 Å². The van der Waals surface area contributed by atoms with E-state index in [1.165, 1.54) is 23.1 Å². The van der Waals surface area contributed by atoms with Crippen molar-refractivity contribution in [2.24, 2.45) is 0 Å². The highest BCUT2D eigenvalue weighted by atomic mass is 79.9. The molecule has 0 radical (unpaired) electrons. The summed E-state index contributed by atoms with van der Waals surface area (Å²) >= 11 is 11.8. The zero-order valence-corrected chi connectivity index (χ0v) is 17.6. The zero-order valence-electron chi connectivity index (χ0n) is 13.6. The number of halogens is 2. The predicted molar refractivity (Wildman–Crippen MR) is 113 cm³/mol. The Morgan fingerprint density at radius 2 is 1.81 bits per heavy atom. The zero-order chi connectivity index (χ0) is 19.2. The van der Waals surface area contributed by atoms with E-state index in [9.17, 15) is 9.59 Å². The van der Waals surface area contributed by atoms with Gasteiger partial charge >= 0.3 is 0 Å². The maximum Gasteiger partial charge on any atom is 0.259 e. The van der Waals surface area contributed by atoms with Crippen molar-refractivity contribution in [1.82, 2.24) is 10.2 Å². The van der Waals surface area contributed by atoms with E-state index in [0.717, 1.165) is 4.47 Å². The van der Waals surface area contributed by atoms with Gasteiger partial charge in [-0.25, -0.2) is 0 Å². The van der Waals surface area contributed by atoms with E-state index >= 15 is 0 Å². The van der Waals surface area contributed by atoms with Crippen molar-refractivity contribution in [1.29, 1.82) is 0 Å². The molecule has 2 aromatic carbocycles. The number of hydrogen-bond acceptors (Lipinski definition) is 6. The van der Waals surface area contributed by atoms with Gasteiger partial charge in [-0.2, -0.15) is 0 Å². The lowest BCUT2D eigenvalue weighted by Crippen LogP contribution is -2.13. The van der Waals surface area contributed by atoms with Crippen LogP contribution in [0.1, 0.15) is 10.4 Å². The molecule has 138 valence electrons. The van der Waals surface area contributed by atoms with Gasteiger partial charge in [0.05, 0.1) is 16.3 Å². The molecule has 0 aliphatic rings. The normalized spacial score (nSPS) is 10.4. The maximum absolute atomic E-state index is 12.2. The van der Waals surface area contributed by atoms with Crippen molar-refractivity contribution in [3.8, 4) is 0 Å². The Labute approximate surface area is 176 Å². The van der Waals surface area contributed by atoms with Gasteiger partial charge in [-0.3, -0.25) is 14.9 Å². The highest BCUT2D eigenvalue weighted by Crippen LogP contribution is 2.26. The third-order valence-electron chi connectivity index (χ3n) is 3.20. The average molecular weight is 484 g/mol. The molecular weight excluding hydrogens is 472 g/mol. The number of anilines is 2. The number of aromatic nitrogens is 2. The highest BCUT2D eigenvalue weighted by Gasteiger charge is 2.14. The molecule has 0 fully saturated rings. The standard InChI is InChI=1S/C17H12BrClN4O2S2/c18-10-5-7-11(8-6-10)20-14(24)9-26-17-23-22-16(27-17)21-15(25)12-3-1-2-4-13(12)19/h1-8H,9H2,(H,20,24)(H,21,22,25). The molecule has 0 saturated carbocycles. The molecular formula is C17H12BrClN4O2S2. The first-order valence-electron chi connectivity index (χ1n) is 7.59. The highest BCUT2D eigenvalue weighted by molar-refractivity contribution is 9.10. The van der Waals surface area contributed by atoms with E-state index in [1.807, 2.05) is 12.1 Å². The molecule has 0 atom stereocenters. The first-order valence-corrected chi connectivity index (χ1v) is 10.6. The van der Waals surface area contributed by atoms with Crippen LogP contribution in [-0.2, 0) is 4.79 Å². The Bertz CT molecular complexity index is 966. The number of nitrogens with zero attached hydrogens (tertiary/aromatic N) is 2. The summed E-state index contributed by atoms with van der Waals surface area (Å²) in [6.45, 7) is 0. The van der Waals surface area contributed by atoms with Gasteiger partial charge in [0, 0.05) is 10.2 Å². The van der Waals surface area contributed by atoms with E-state index in [0.29, 0.717) is 25.7 Å².